The molecule has 0 saturated heterocycles. The molecule has 0 radical (unpaired) electrons. The van der Waals surface area contributed by atoms with Crippen LogP contribution in [0.2, 0.25) is 0 Å². The zero-order chi connectivity index (χ0) is 20.5. The van der Waals surface area contributed by atoms with Gasteiger partial charge < -0.3 is 4.74 Å². The number of benzene rings is 1. The minimum absolute atomic E-state index is 0.0125. The number of nitrogens with zero attached hydrogens (tertiary/aromatic N) is 3. The average Bonchev–Trinajstić information content (AvgIpc) is 2.94. The van der Waals surface area contributed by atoms with Crippen molar-refractivity contribution in [1.29, 1.82) is 0 Å². The van der Waals surface area contributed by atoms with Gasteiger partial charge in [-0.05, 0) is 45.0 Å². The van der Waals surface area contributed by atoms with Crippen LogP contribution >= 0.6 is 0 Å². The quantitative estimate of drug-likeness (QED) is 0.647. The minimum Gasteiger partial charge on any atom is -0.491 e. The van der Waals surface area contributed by atoms with Crippen LogP contribution < -0.4 is 9.46 Å². The van der Waals surface area contributed by atoms with E-state index in [0.717, 1.165) is 10.9 Å². The second kappa shape index (κ2) is 7.80. The highest BCUT2D eigenvalue weighted by molar-refractivity contribution is 7.89. The van der Waals surface area contributed by atoms with Gasteiger partial charge in [0.1, 0.15) is 17.3 Å². The molecule has 2 heterocycles. The molecule has 0 aliphatic heterocycles. The Morgan fingerprint density at radius 2 is 1.96 bits per heavy atom. The summed E-state index contributed by atoms with van der Waals surface area (Å²) in [5.41, 5.74) is 0.658. The lowest BCUT2D eigenvalue weighted by Gasteiger charge is -2.16. The summed E-state index contributed by atoms with van der Waals surface area (Å²) < 4.78 is 59.9. The van der Waals surface area contributed by atoms with Crippen molar-refractivity contribution in [1.82, 2.24) is 19.5 Å². The van der Waals surface area contributed by atoms with Gasteiger partial charge in [-0.3, -0.25) is 4.98 Å². The Labute approximate surface area is 161 Å². The van der Waals surface area contributed by atoms with E-state index in [4.69, 9.17) is 4.74 Å². The van der Waals surface area contributed by atoms with Crippen molar-refractivity contribution in [3.05, 3.63) is 47.9 Å². The molecule has 150 valence electrons. The monoisotopic (exact) mass is 410 g/mol. The number of alkyl halides is 2. The topological polar surface area (TPSA) is 86.1 Å². The number of rotatable bonds is 7. The Hall–Kier alpha value is -2.59. The molecule has 1 N–H and O–H groups in total. The maximum atomic E-state index is 13.0. The normalized spacial score (nSPS) is 13.2. The summed E-state index contributed by atoms with van der Waals surface area (Å²) in [6.45, 7) is 1.44. The summed E-state index contributed by atoms with van der Waals surface area (Å²) in [5.74, 6) is 0.578. The lowest BCUT2D eigenvalue weighted by molar-refractivity contribution is 0.0538. The standard InChI is InChI=1S/C18H20F2N4O3S/c1-11(10-27-16-8-4-7-15-14(16)6-5-9-21-15)23-28(25,26)17-12(2)22-24(13(17)3)18(19)20/h4-9,11,18,23H,10H2,1-3H3/t11-/m0/s1. The molecule has 0 saturated carbocycles. The van der Waals surface area contributed by atoms with Crippen LogP contribution in [-0.2, 0) is 10.0 Å². The van der Waals surface area contributed by atoms with Crippen LogP contribution in [0.15, 0.2) is 41.4 Å². The molecule has 10 heteroatoms. The first kappa shape index (κ1) is 20.2. The van der Waals surface area contributed by atoms with Crippen molar-refractivity contribution < 1.29 is 21.9 Å². The number of pyridine rings is 1. The number of nitrogens with one attached hydrogen (secondary N) is 1. The molecule has 0 aliphatic rings. The molecule has 0 amide bonds. The fraction of sp³-hybridized carbons (Fsp3) is 0.333. The SMILES string of the molecule is Cc1nn(C(F)F)c(C)c1S(=O)(=O)N[C@@H](C)COc1cccc2ncccc12. The third-order valence-corrected chi connectivity index (χ3v) is 6.00. The highest BCUT2D eigenvalue weighted by Crippen LogP contribution is 2.25. The summed E-state index contributed by atoms with van der Waals surface area (Å²) in [4.78, 5) is 4.00. The molecule has 0 aliphatic carbocycles. The Morgan fingerprint density at radius 1 is 1.21 bits per heavy atom. The zero-order valence-electron chi connectivity index (χ0n) is 15.6. The predicted molar refractivity (Wildman–Crippen MR) is 100.0 cm³/mol. The molecule has 3 rings (SSSR count). The zero-order valence-corrected chi connectivity index (χ0v) is 16.4. The molecule has 1 aromatic carbocycles. The molecule has 0 spiro atoms. The molecule has 28 heavy (non-hydrogen) atoms. The highest BCUT2D eigenvalue weighted by atomic mass is 32.2. The van der Waals surface area contributed by atoms with Crippen LogP contribution in [0.25, 0.3) is 10.9 Å². The number of hydrogen-bond donors (Lipinski definition) is 1. The van der Waals surface area contributed by atoms with Gasteiger partial charge in [0, 0.05) is 11.6 Å². The molecule has 1 atom stereocenters. The van der Waals surface area contributed by atoms with Gasteiger partial charge in [0.05, 0.1) is 22.9 Å². The largest absolute Gasteiger partial charge is 0.491 e. The number of halogens is 2. The number of ether oxygens (including phenoxy) is 1. The molecule has 0 bridgehead atoms. The Kier molecular flexibility index (Phi) is 5.61. The molecular weight excluding hydrogens is 390 g/mol. The number of hydrogen-bond acceptors (Lipinski definition) is 5. The van der Waals surface area contributed by atoms with Crippen LogP contribution in [-0.4, -0.2) is 35.8 Å². The Bertz CT molecular complexity index is 1090. The van der Waals surface area contributed by atoms with Gasteiger partial charge in [-0.15, -0.1) is 0 Å². The van der Waals surface area contributed by atoms with Gasteiger partial charge in [0.15, 0.2) is 0 Å². The van der Waals surface area contributed by atoms with Crippen LogP contribution in [0.3, 0.4) is 0 Å². The van der Waals surface area contributed by atoms with E-state index in [2.05, 4.69) is 14.8 Å². The van der Waals surface area contributed by atoms with Crippen molar-refractivity contribution in [2.45, 2.75) is 38.3 Å². The Balaban J connectivity index is 1.75. The van der Waals surface area contributed by atoms with Gasteiger partial charge in [-0.2, -0.15) is 13.9 Å². The van der Waals surface area contributed by atoms with Crippen LogP contribution in [0, 0.1) is 13.8 Å². The molecule has 0 unspecified atom stereocenters. The van der Waals surface area contributed by atoms with Gasteiger partial charge in [0.25, 0.3) is 0 Å². The lowest BCUT2D eigenvalue weighted by Crippen LogP contribution is -2.37. The first-order valence-corrected chi connectivity index (χ1v) is 10.0. The fourth-order valence-corrected chi connectivity index (χ4v) is 4.63. The van der Waals surface area contributed by atoms with Crippen LogP contribution in [0.1, 0.15) is 24.9 Å². The third-order valence-electron chi connectivity index (χ3n) is 4.16. The van der Waals surface area contributed by atoms with Crippen molar-refractivity contribution in [3.8, 4) is 5.75 Å². The summed E-state index contributed by atoms with van der Waals surface area (Å²) >= 11 is 0. The van der Waals surface area contributed by atoms with Crippen LogP contribution in [0.4, 0.5) is 8.78 Å². The van der Waals surface area contributed by atoms with Crippen LogP contribution in [0.5, 0.6) is 5.75 Å². The predicted octanol–water partition coefficient (Wildman–Crippen LogP) is 3.19. The molecule has 7 nitrogen and oxygen atoms in total. The summed E-state index contributed by atoms with van der Waals surface area (Å²) in [6.07, 6.45) is 1.67. The fourth-order valence-electron chi connectivity index (χ4n) is 3.00. The Morgan fingerprint density at radius 3 is 2.64 bits per heavy atom. The molecule has 3 aromatic rings. The minimum atomic E-state index is -4.04. The highest BCUT2D eigenvalue weighted by Gasteiger charge is 2.28. The second-order valence-corrected chi connectivity index (χ2v) is 8.03. The lowest BCUT2D eigenvalue weighted by atomic mass is 10.2. The third kappa shape index (κ3) is 3.97. The maximum Gasteiger partial charge on any atom is 0.333 e. The van der Waals surface area contributed by atoms with Crippen molar-refractivity contribution >= 4 is 20.9 Å². The van der Waals surface area contributed by atoms with Gasteiger partial charge >= 0.3 is 6.55 Å². The summed E-state index contributed by atoms with van der Waals surface area (Å²) in [6, 6.07) is 8.45. The van der Waals surface area contributed by atoms with Gasteiger partial charge in [-0.1, -0.05) is 6.07 Å². The number of fused-ring (bicyclic) bond motifs is 1. The van der Waals surface area contributed by atoms with E-state index in [0.29, 0.717) is 10.4 Å². The first-order chi connectivity index (χ1) is 13.2. The van der Waals surface area contributed by atoms with E-state index in [1.165, 1.54) is 13.8 Å². The summed E-state index contributed by atoms with van der Waals surface area (Å²) in [7, 11) is -4.04. The van der Waals surface area contributed by atoms with Gasteiger partial charge in [-0.25, -0.2) is 17.8 Å². The van der Waals surface area contributed by atoms with E-state index < -0.39 is 22.6 Å². The van der Waals surface area contributed by atoms with E-state index in [9.17, 15) is 17.2 Å². The van der Waals surface area contributed by atoms with Crippen molar-refractivity contribution in [2.24, 2.45) is 0 Å². The van der Waals surface area contributed by atoms with Crippen molar-refractivity contribution in [2.75, 3.05) is 6.61 Å². The maximum absolute atomic E-state index is 13.0. The number of sulfonamides is 1. The van der Waals surface area contributed by atoms with Gasteiger partial charge in [0.2, 0.25) is 10.0 Å². The molecule has 0 fully saturated rings. The second-order valence-electron chi connectivity index (χ2n) is 6.38. The smallest absolute Gasteiger partial charge is 0.333 e. The van der Waals surface area contributed by atoms with Crippen molar-refractivity contribution in [3.63, 3.8) is 0 Å². The van der Waals surface area contributed by atoms with E-state index in [1.807, 2.05) is 12.1 Å². The first-order valence-electron chi connectivity index (χ1n) is 8.53. The molecular formula is C18H20F2N4O3S. The number of aromatic nitrogens is 3. The average molecular weight is 410 g/mol. The number of aryl methyl sites for hydroxylation is 1. The van der Waals surface area contributed by atoms with E-state index >= 15 is 0 Å². The summed E-state index contributed by atoms with van der Waals surface area (Å²) in [5, 5.41) is 4.43. The van der Waals surface area contributed by atoms with E-state index in [-0.39, 0.29) is 22.9 Å². The molecule has 2 aromatic heterocycles. The van der Waals surface area contributed by atoms with E-state index in [1.54, 1.807) is 31.3 Å².